The van der Waals surface area contributed by atoms with E-state index in [0.717, 1.165) is 5.02 Å². The molecular formula is C11H7BrClIS. The Morgan fingerprint density at radius 2 is 1.87 bits per heavy atom. The number of hydrogen-bond donors (Lipinski definition) is 0. The molecule has 0 nitrogen and oxygen atoms in total. The molecule has 0 amide bonds. The van der Waals surface area contributed by atoms with E-state index in [0.29, 0.717) is 0 Å². The Balaban J connectivity index is 2.32. The van der Waals surface area contributed by atoms with E-state index in [9.17, 15) is 0 Å². The van der Waals surface area contributed by atoms with Gasteiger partial charge < -0.3 is 0 Å². The molecule has 15 heavy (non-hydrogen) atoms. The summed E-state index contributed by atoms with van der Waals surface area (Å²) in [7, 11) is 0. The Hall–Kier alpha value is 0.420. The number of hydrogen-bond acceptors (Lipinski definition) is 1. The van der Waals surface area contributed by atoms with Gasteiger partial charge in [-0.15, -0.1) is 11.3 Å². The second kappa shape index (κ2) is 5.17. The Morgan fingerprint density at radius 3 is 2.40 bits per heavy atom. The van der Waals surface area contributed by atoms with Crippen LogP contribution in [0.1, 0.15) is 15.3 Å². The topological polar surface area (TPSA) is 0 Å². The maximum absolute atomic E-state index is 5.86. The van der Waals surface area contributed by atoms with Gasteiger partial charge in [-0.25, -0.2) is 0 Å². The summed E-state index contributed by atoms with van der Waals surface area (Å²) in [5.74, 6) is 0. The van der Waals surface area contributed by atoms with E-state index < -0.39 is 0 Å². The zero-order valence-corrected chi connectivity index (χ0v) is 12.9. The van der Waals surface area contributed by atoms with E-state index in [2.05, 4.69) is 62.1 Å². The minimum atomic E-state index is 0.265. The number of rotatable bonds is 2. The Bertz CT molecular complexity index is 452. The predicted molar refractivity (Wildman–Crippen MR) is 79.3 cm³/mol. The fourth-order valence-corrected chi connectivity index (χ4v) is 4.60. The van der Waals surface area contributed by atoms with E-state index in [4.69, 9.17) is 11.6 Å². The summed E-state index contributed by atoms with van der Waals surface area (Å²) in [6, 6.07) is 10.1. The molecular weight excluding hydrogens is 406 g/mol. The summed E-state index contributed by atoms with van der Waals surface area (Å²) in [5.41, 5.74) is 1.24. The molecule has 1 aromatic carbocycles. The molecule has 1 heterocycles. The van der Waals surface area contributed by atoms with Crippen LogP contribution in [0.3, 0.4) is 0 Å². The third-order valence-corrected chi connectivity index (χ3v) is 5.87. The normalized spacial score (nSPS) is 12.7. The fraction of sp³-hybridized carbons (Fsp3) is 0.0909. The van der Waals surface area contributed by atoms with Crippen molar-refractivity contribution in [2.24, 2.45) is 0 Å². The van der Waals surface area contributed by atoms with Gasteiger partial charge in [0.2, 0.25) is 0 Å². The minimum absolute atomic E-state index is 0.265. The second-order valence-electron chi connectivity index (χ2n) is 3.05. The molecule has 1 unspecified atom stereocenters. The third kappa shape index (κ3) is 2.75. The first-order valence-electron chi connectivity index (χ1n) is 4.31. The van der Waals surface area contributed by atoms with E-state index in [1.54, 1.807) is 11.3 Å². The zero-order chi connectivity index (χ0) is 10.8. The van der Waals surface area contributed by atoms with Crippen molar-refractivity contribution in [1.29, 1.82) is 0 Å². The van der Waals surface area contributed by atoms with Gasteiger partial charge in [-0.1, -0.05) is 39.7 Å². The van der Waals surface area contributed by atoms with Crippen molar-refractivity contribution in [2.45, 2.75) is 4.83 Å². The molecule has 78 valence electrons. The van der Waals surface area contributed by atoms with Crippen LogP contribution >= 0.6 is 61.5 Å². The molecule has 2 aromatic rings. The molecule has 0 radical (unpaired) electrons. The molecule has 0 spiro atoms. The lowest BCUT2D eigenvalue weighted by molar-refractivity contribution is 1.21. The molecule has 0 aliphatic heterocycles. The highest BCUT2D eigenvalue weighted by Crippen LogP contribution is 2.37. The van der Waals surface area contributed by atoms with Crippen LogP contribution in [0.2, 0.25) is 5.02 Å². The van der Waals surface area contributed by atoms with E-state index in [1.807, 2.05) is 12.1 Å². The van der Waals surface area contributed by atoms with E-state index in [1.165, 1.54) is 14.0 Å². The Morgan fingerprint density at radius 1 is 1.20 bits per heavy atom. The first-order chi connectivity index (χ1) is 7.18. The maximum atomic E-state index is 5.86. The zero-order valence-electron chi connectivity index (χ0n) is 7.58. The molecule has 2 rings (SSSR count). The largest absolute Gasteiger partial charge is 0.146 e. The summed E-state index contributed by atoms with van der Waals surface area (Å²) >= 11 is 13.7. The van der Waals surface area contributed by atoms with Crippen molar-refractivity contribution in [3.05, 3.63) is 54.7 Å². The SMILES string of the molecule is Clc1ccc(C(Br)c2sccc2I)cc1. The number of halogens is 3. The van der Waals surface area contributed by atoms with E-state index >= 15 is 0 Å². The van der Waals surface area contributed by atoms with E-state index in [-0.39, 0.29) is 4.83 Å². The lowest BCUT2D eigenvalue weighted by Crippen LogP contribution is -1.90. The predicted octanol–water partition coefficient (Wildman–Crippen LogP) is 5.49. The van der Waals surface area contributed by atoms with Crippen LogP contribution in [0, 0.1) is 3.57 Å². The second-order valence-corrected chi connectivity index (χ2v) is 6.51. The van der Waals surface area contributed by atoms with Crippen molar-refractivity contribution >= 4 is 61.5 Å². The van der Waals surface area contributed by atoms with Crippen LogP contribution < -0.4 is 0 Å². The van der Waals surface area contributed by atoms with Crippen molar-refractivity contribution in [2.75, 3.05) is 0 Å². The number of thiophene rings is 1. The lowest BCUT2D eigenvalue weighted by Gasteiger charge is -2.08. The van der Waals surface area contributed by atoms with Crippen molar-refractivity contribution in [3.8, 4) is 0 Å². The highest BCUT2D eigenvalue weighted by atomic mass is 127. The molecule has 0 aliphatic rings. The van der Waals surface area contributed by atoms with Crippen LogP contribution in [-0.2, 0) is 0 Å². The quantitative estimate of drug-likeness (QED) is 0.451. The van der Waals surface area contributed by atoms with Crippen LogP contribution in [0.25, 0.3) is 0 Å². The minimum Gasteiger partial charge on any atom is -0.146 e. The first kappa shape index (κ1) is 11.9. The average molecular weight is 414 g/mol. The third-order valence-electron chi connectivity index (χ3n) is 2.04. The average Bonchev–Trinajstić information content (AvgIpc) is 2.65. The summed E-state index contributed by atoms with van der Waals surface area (Å²) < 4.78 is 1.30. The van der Waals surface area contributed by atoms with Gasteiger partial charge in [0.05, 0.1) is 4.83 Å². The number of alkyl halides is 1. The molecule has 1 atom stereocenters. The molecule has 0 N–H and O–H groups in total. The molecule has 0 aliphatic carbocycles. The van der Waals surface area contributed by atoms with Crippen LogP contribution in [-0.4, -0.2) is 0 Å². The van der Waals surface area contributed by atoms with Gasteiger partial charge in [0.1, 0.15) is 0 Å². The van der Waals surface area contributed by atoms with Gasteiger partial charge >= 0.3 is 0 Å². The van der Waals surface area contributed by atoms with Gasteiger partial charge in [-0.2, -0.15) is 0 Å². The highest BCUT2D eigenvalue weighted by Gasteiger charge is 2.14. The first-order valence-corrected chi connectivity index (χ1v) is 7.56. The van der Waals surface area contributed by atoms with Crippen molar-refractivity contribution in [1.82, 2.24) is 0 Å². The molecule has 0 saturated heterocycles. The van der Waals surface area contributed by atoms with Crippen molar-refractivity contribution in [3.63, 3.8) is 0 Å². The monoisotopic (exact) mass is 412 g/mol. The maximum Gasteiger partial charge on any atom is 0.0748 e. The summed E-state index contributed by atoms with van der Waals surface area (Å²) in [4.78, 5) is 1.61. The van der Waals surface area contributed by atoms with Crippen LogP contribution in [0.4, 0.5) is 0 Å². The van der Waals surface area contributed by atoms with Gasteiger partial charge in [0.25, 0.3) is 0 Å². The molecule has 4 heteroatoms. The molecule has 0 bridgehead atoms. The smallest absolute Gasteiger partial charge is 0.0748 e. The van der Waals surface area contributed by atoms with Gasteiger partial charge in [0.15, 0.2) is 0 Å². The fourth-order valence-electron chi connectivity index (χ4n) is 1.27. The Labute approximate surface area is 120 Å². The van der Waals surface area contributed by atoms with Gasteiger partial charge in [-0.05, 0) is 51.7 Å². The lowest BCUT2D eigenvalue weighted by atomic mass is 10.1. The van der Waals surface area contributed by atoms with Crippen LogP contribution in [0.5, 0.6) is 0 Å². The molecule has 0 fully saturated rings. The molecule has 0 saturated carbocycles. The standard InChI is InChI=1S/C11H7BrClIS/c12-10(11-9(14)5-6-15-11)7-1-3-8(13)4-2-7/h1-6,10H. The molecule has 1 aromatic heterocycles. The number of benzene rings is 1. The summed E-state index contributed by atoms with van der Waals surface area (Å²) in [6.45, 7) is 0. The van der Waals surface area contributed by atoms with Gasteiger partial charge in [0, 0.05) is 13.5 Å². The van der Waals surface area contributed by atoms with Crippen LogP contribution in [0.15, 0.2) is 35.7 Å². The van der Waals surface area contributed by atoms with Crippen molar-refractivity contribution < 1.29 is 0 Å². The highest BCUT2D eigenvalue weighted by molar-refractivity contribution is 14.1. The van der Waals surface area contributed by atoms with Gasteiger partial charge in [-0.3, -0.25) is 0 Å². The Kier molecular flexibility index (Phi) is 4.10. The summed E-state index contributed by atoms with van der Waals surface area (Å²) in [6.07, 6.45) is 0. The summed E-state index contributed by atoms with van der Waals surface area (Å²) in [5, 5.41) is 2.89.